The fourth-order valence-electron chi connectivity index (χ4n) is 3.24. The Morgan fingerprint density at radius 2 is 1.68 bits per heavy atom. The van der Waals surface area contributed by atoms with Gasteiger partial charge in [-0.3, -0.25) is 9.59 Å². The predicted molar refractivity (Wildman–Crippen MR) is 117 cm³/mol. The van der Waals surface area contributed by atoms with E-state index in [9.17, 15) is 18.0 Å². The Balaban J connectivity index is 1.60. The molecule has 0 radical (unpaired) electrons. The Labute approximate surface area is 182 Å². The molecule has 0 atom stereocenters. The first kappa shape index (κ1) is 22.7. The van der Waals surface area contributed by atoms with E-state index in [1.54, 1.807) is 11.1 Å². The molecular formula is C21H27N5O4S. The molecule has 1 N–H and O–H groups in total. The number of sulfonamides is 1. The average molecular weight is 446 g/mol. The SMILES string of the molecule is CC(=O)N1CCN(S(=O)(=O)c2ccc(C(=O)NCc3ccc(N(C)C)nc3)cc2)CC1. The maximum absolute atomic E-state index is 12.8. The molecule has 1 aliphatic rings. The van der Waals surface area contributed by atoms with E-state index >= 15 is 0 Å². The number of nitrogens with one attached hydrogen (secondary N) is 1. The van der Waals surface area contributed by atoms with Crippen LogP contribution in [0.25, 0.3) is 0 Å². The minimum absolute atomic E-state index is 0.0585. The Bertz CT molecular complexity index is 1030. The maximum Gasteiger partial charge on any atom is 0.251 e. The third kappa shape index (κ3) is 5.39. The van der Waals surface area contributed by atoms with Crippen LogP contribution in [0, 0.1) is 0 Å². The molecule has 1 aromatic heterocycles. The standard InChI is InChI=1S/C21H27N5O4S/c1-16(27)25-10-12-26(13-11-25)31(29,30)19-7-5-18(6-8-19)21(28)23-15-17-4-9-20(22-14-17)24(2)3/h4-9,14H,10-13,15H2,1-3H3,(H,23,28). The lowest BCUT2D eigenvalue weighted by Gasteiger charge is -2.33. The molecule has 0 spiro atoms. The number of hydrogen-bond donors (Lipinski definition) is 1. The first-order valence-electron chi connectivity index (χ1n) is 9.94. The number of pyridine rings is 1. The zero-order valence-corrected chi connectivity index (χ0v) is 18.7. The second-order valence-corrected chi connectivity index (χ2v) is 9.47. The van der Waals surface area contributed by atoms with Gasteiger partial charge in [-0.2, -0.15) is 4.31 Å². The van der Waals surface area contributed by atoms with Crippen molar-refractivity contribution in [1.29, 1.82) is 0 Å². The highest BCUT2D eigenvalue weighted by Crippen LogP contribution is 2.18. The third-order valence-electron chi connectivity index (χ3n) is 5.16. The topological polar surface area (TPSA) is 103 Å². The van der Waals surface area contributed by atoms with E-state index in [2.05, 4.69) is 10.3 Å². The summed E-state index contributed by atoms with van der Waals surface area (Å²) in [6.07, 6.45) is 1.71. The number of amides is 2. The maximum atomic E-state index is 12.8. The van der Waals surface area contributed by atoms with E-state index in [0.717, 1.165) is 11.4 Å². The van der Waals surface area contributed by atoms with Crippen molar-refractivity contribution in [2.24, 2.45) is 0 Å². The van der Waals surface area contributed by atoms with Gasteiger partial charge >= 0.3 is 0 Å². The van der Waals surface area contributed by atoms with E-state index < -0.39 is 10.0 Å². The van der Waals surface area contributed by atoms with Crippen LogP contribution in [0.5, 0.6) is 0 Å². The molecule has 10 heteroatoms. The summed E-state index contributed by atoms with van der Waals surface area (Å²) in [6, 6.07) is 9.65. The Hall–Kier alpha value is -2.98. The van der Waals surface area contributed by atoms with Crippen LogP contribution in [-0.2, 0) is 21.4 Å². The van der Waals surface area contributed by atoms with Crippen molar-refractivity contribution in [2.45, 2.75) is 18.4 Å². The summed E-state index contributed by atoms with van der Waals surface area (Å²) in [6.45, 7) is 3.05. The number of anilines is 1. The molecule has 1 aliphatic heterocycles. The van der Waals surface area contributed by atoms with E-state index in [4.69, 9.17) is 0 Å². The summed E-state index contributed by atoms with van der Waals surface area (Å²) in [5, 5.41) is 2.81. The molecule has 1 saturated heterocycles. The van der Waals surface area contributed by atoms with Gasteiger partial charge in [-0.1, -0.05) is 6.07 Å². The summed E-state index contributed by atoms with van der Waals surface area (Å²) in [5.74, 6) is 0.474. The molecule has 9 nitrogen and oxygen atoms in total. The molecule has 0 unspecified atom stereocenters. The van der Waals surface area contributed by atoms with Gasteiger partial charge in [0.15, 0.2) is 0 Å². The number of carbonyl (C=O) groups excluding carboxylic acids is 2. The third-order valence-corrected chi connectivity index (χ3v) is 7.07. The van der Waals surface area contributed by atoms with Crippen molar-refractivity contribution < 1.29 is 18.0 Å². The molecule has 0 saturated carbocycles. The minimum Gasteiger partial charge on any atom is -0.363 e. The molecule has 166 valence electrons. The summed E-state index contributed by atoms with van der Waals surface area (Å²) in [5.41, 5.74) is 1.24. The van der Waals surface area contributed by atoms with Crippen LogP contribution in [0.2, 0.25) is 0 Å². The normalized spacial score (nSPS) is 14.9. The van der Waals surface area contributed by atoms with Crippen molar-refractivity contribution in [3.8, 4) is 0 Å². The highest BCUT2D eigenvalue weighted by molar-refractivity contribution is 7.89. The molecule has 1 fully saturated rings. The van der Waals surface area contributed by atoms with Crippen LogP contribution in [0.4, 0.5) is 5.82 Å². The van der Waals surface area contributed by atoms with Crippen molar-refractivity contribution in [3.05, 3.63) is 53.7 Å². The number of rotatable bonds is 6. The molecule has 2 aromatic rings. The zero-order valence-electron chi connectivity index (χ0n) is 17.9. The second-order valence-electron chi connectivity index (χ2n) is 7.54. The van der Waals surface area contributed by atoms with Gasteiger partial charge in [0.1, 0.15) is 5.82 Å². The van der Waals surface area contributed by atoms with Gasteiger partial charge in [-0.05, 0) is 35.9 Å². The molecule has 1 aromatic carbocycles. The van der Waals surface area contributed by atoms with Gasteiger partial charge in [0.25, 0.3) is 5.91 Å². The summed E-state index contributed by atoms with van der Waals surface area (Å²) < 4.78 is 27.1. The number of carbonyl (C=O) groups is 2. The van der Waals surface area contributed by atoms with Crippen LogP contribution >= 0.6 is 0 Å². The molecule has 0 aliphatic carbocycles. The highest BCUT2D eigenvalue weighted by Gasteiger charge is 2.29. The molecule has 2 amide bonds. The number of nitrogens with zero attached hydrogens (tertiary/aromatic N) is 4. The summed E-state index contributed by atoms with van der Waals surface area (Å²) >= 11 is 0. The van der Waals surface area contributed by atoms with Crippen LogP contribution < -0.4 is 10.2 Å². The van der Waals surface area contributed by atoms with E-state index in [1.807, 2.05) is 31.1 Å². The number of aromatic nitrogens is 1. The quantitative estimate of drug-likeness (QED) is 0.710. The predicted octanol–water partition coefficient (Wildman–Crippen LogP) is 0.930. The fraction of sp³-hybridized carbons (Fsp3) is 0.381. The monoisotopic (exact) mass is 445 g/mol. The van der Waals surface area contributed by atoms with Crippen molar-refractivity contribution >= 4 is 27.7 Å². The summed E-state index contributed by atoms with van der Waals surface area (Å²) in [4.78, 5) is 31.8. The number of piperazine rings is 1. The minimum atomic E-state index is -3.67. The van der Waals surface area contributed by atoms with Gasteiger partial charge < -0.3 is 15.1 Å². The molecule has 31 heavy (non-hydrogen) atoms. The lowest BCUT2D eigenvalue weighted by Crippen LogP contribution is -2.49. The van der Waals surface area contributed by atoms with Crippen molar-refractivity contribution in [1.82, 2.24) is 19.5 Å². The highest BCUT2D eigenvalue weighted by atomic mass is 32.2. The van der Waals surface area contributed by atoms with Gasteiger partial charge in [0, 0.05) is 65.5 Å². The van der Waals surface area contributed by atoms with Crippen LogP contribution in [0.15, 0.2) is 47.5 Å². The van der Waals surface area contributed by atoms with Crippen LogP contribution in [-0.4, -0.2) is 74.7 Å². The van der Waals surface area contributed by atoms with E-state index in [-0.39, 0.29) is 29.8 Å². The lowest BCUT2D eigenvalue weighted by atomic mass is 10.2. The molecule has 2 heterocycles. The van der Waals surface area contributed by atoms with Crippen molar-refractivity contribution in [2.75, 3.05) is 45.2 Å². The first-order valence-corrected chi connectivity index (χ1v) is 11.4. The largest absolute Gasteiger partial charge is 0.363 e. The fourth-order valence-corrected chi connectivity index (χ4v) is 4.66. The average Bonchev–Trinajstić information content (AvgIpc) is 2.77. The zero-order chi connectivity index (χ0) is 22.6. The number of benzene rings is 1. The smallest absolute Gasteiger partial charge is 0.251 e. The Morgan fingerprint density at radius 1 is 1.03 bits per heavy atom. The Kier molecular flexibility index (Phi) is 6.91. The van der Waals surface area contributed by atoms with Crippen LogP contribution in [0.3, 0.4) is 0 Å². The molecule has 0 bridgehead atoms. The Morgan fingerprint density at radius 3 is 2.19 bits per heavy atom. The van der Waals surface area contributed by atoms with Gasteiger partial charge in [-0.25, -0.2) is 13.4 Å². The molecule has 3 rings (SSSR count). The first-order chi connectivity index (χ1) is 14.7. The van der Waals surface area contributed by atoms with Crippen LogP contribution in [0.1, 0.15) is 22.8 Å². The van der Waals surface area contributed by atoms with Crippen molar-refractivity contribution in [3.63, 3.8) is 0 Å². The van der Waals surface area contributed by atoms with E-state index in [0.29, 0.717) is 25.2 Å². The summed E-state index contributed by atoms with van der Waals surface area (Å²) in [7, 11) is 0.136. The number of hydrogen-bond acceptors (Lipinski definition) is 6. The van der Waals surface area contributed by atoms with Gasteiger partial charge in [0.2, 0.25) is 15.9 Å². The van der Waals surface area contributed by atoms with E-state index in [1.165, 1.54) is 35.5 Å². The van der Waals surface area contributed by atoms with Gasteiger partial charge in [-0.15, -0.1) is 0 Å². The van der Waals surface area contributed by atoms with Gasteiger partial charge in [0.05, 0.1) is 4.90 Å². The molecular weight excluding hydrogens is 418 g/mol. The lowest BCUT2D eigenvalue weighted by molar-refractivity contribution is -0.129. The second kappa shape index (κ2) is 9.44.